The Morgan fingerprint density at radius 1 is 0.882 bits per heavy atom. The number of methoxy groups -OCH3 is 1. The Hall–Kier alpha value is -4.11. The zero-order valence-electron chi connectivity index (χ0n) is 18.5. The van der Waals surface area contributed by atoms with Crippen LogP contribution in [0.15, 0.2) is 95.1 Å². The van der Waals surface area contributed by atoms with Gasteiger partial charge in [0.1, 0.15) is 12.1 Å². The van der Waals surface area contributed by atoms with Crippen LogP contribution in [0.3, 0.4) is 0 Å². The highest BCUT2D eigenvalue weighted by atomic mass is 32.2. The summed E-state index contributed by atoms with van der Waals surface area (Å²) < 4.78 is 5.21. The fourth-order valence-electron chi connectivity index (χ4n) is 3.80. The maximum atomic E-state index is 13.7. The van der Waals surface area contributed by atoms with Gasteiger partial charge in [-0.3, -0.25) is 9.59 Å². The first-order chi connectivity index (χ1) is 16.5. The maximum Gasteiger partial charge on any atom is 0.291 e. The van der Waals surface area contributed by atoms with Crippen LogP contribution in [0.5, 0.6) is 5.75 Å². The lowest BCUT2D eigenvalue weighted by Gasteiger charge is -2.42. The number of anilines is 1. The number of ketones is 1. The highest BCUT2D eigenvalue weighted by molar-refractivity contribution is 8.17. The van der Waals surface area contributed by atoms with E-state index in [4.69, 9.17) is 9.84 Å². The maximum absolute atomic E-state index is 13.7. The van der Waals surface area contributed by atoms with Crippen molar-refractivity contribution in [3.63, 3.8) is 0 Å². The van der Waals surface area contributed by atoms with Gasteiger partial charge in [0, 0.05) is 18.2 Å². The molecule has 0 saturated carbocycles. The minimum atomic E-state index is -1.22. The molecule has 2 heterocycles. The third-order valence-corrected chi connectivity index (χ3v) is 6.93. The Morgan fingerprint density at radius 2 is 1.53 bits per heavy atom. The summed E-state index contributed by atoms with van der Waals surface area (Å²) >= 11 is 1.18. The number of benzene rings is 3. The van der Waals surface area contributed by atoms with Crippen LogP contribution in [-0.4, -0.2) is 52.3 Å². The van der Waals surface area contributed by atoms with Gasteiger partial charge in [-0.2, -0.15) is 10.2 Å². The van der Waals surface area contributed by atoms with Crippen molar-refractivity contribution in [3.05, 3.63) is 96.1 Å². The predicted octanol–water partition coefficient (Wildman–Crippen LogP) is 4.09. The molecule has 1 amide bonds. The Morgan fingerprint density at radius 3 is 2.18 bits per heavy atom. The number of hydrogen-bond acceptors (Lipinski definition) is 8. The van der Waals surface area contributed by atoms with Gasteiger partial charge >= 0.3 is 0 Å². The third-order valence-electron chi connectivity index (χ3n) is 5.56. The van der Waals surface area contributed by atoms with Crippen molar-refractivity contribution in [2.75, 3.05) is 19.2 Å². The predicted molar refractivity (Wildman–Crippen MR) is 133 cm³/mol. The lowest BCUT2D eigenvalue weighted by atomic mass is 10.1. The second-order valence-corrected chi connectivity index (χ2v) is 8.72. The molecular weight excluding hydrogens is 450 g/mol. The van der Waals surface area contributed by atoms with Gasteiger partial charge in [-0.1, -0.05) is 48.5 Å². The van der Waals surface area contributed by atoms with E-state index in [9.17, 15) is 9.59 Å². The molecule has 2 aliphatic rings. The first-order valence-corrected chi connectivity index (χ1v) is 11.3. The van der Waals surface area contributed by atoms with Crippen LogP contribution in [0.2, 0.25) is 0 Å². The minimum absolute atomic E-state index is 0.222. The van der Waals surface area contributed by atoms with E-state index in [1.807, 2.05) is 48.5 Å². The van der Waals surface area contributed by atoms with Gasteiger partial charge in [0.2, 0.25) is 5.78 Å². The second kappa shape index (κ2) is 8.68. The topological polar surface area (TPSA) is 77.8 Å². The highest BCUT2D eigenvalue weighted by Crippen LogP contribution is 2.47. The fourth-order valence-corrected chi connectivity index (χ4v) is 5.03. The number of hydrazone groups is 2. The van der Waals surface area contributed by atoms with Gasteiger partial charge in [0.15, 0.2) is 5.04 Å². The molecule has 0 aliphatic carbocycles. The molecule has 170 valence electrons. The molecule has 3 aromatic rings. The van der Waals surface area contributed by atoms with Crippen molar-refractivity contribution in [2.24, 2.45) is 10.2 Å². The highest BCUT2D eigenvalue weighted by Gasteiger charge is 2.58. The second-order valence-electron chi connectivity index (χ2n) is 7.58. The number of Topliss-reactive ketones (excluding diaryl/α,β-unsaturated/α-hetero) is 1. The van der Waals surface area contributed by atoms with E-state index >= 15 is 0 Å². The molecule has 0 N–H and O–H groups in total. The number of ether oxygens (including phenoxy) is 1. The summed E-state index contributed by atoms with van der Waals surface area (Å²) in [6.45, 7) is 0. The summed E-state index contributed by atoms with van der Waals surface area (Å²) in [6, 6.07) is 25.2. The normalized spacial score (nSPS) is 19.0. The van der Waals surface area contributed by atoms with E-state index in [2.05, 4.69) is 5.10 Å². The number of thioether (sulfide) groups is 1. The summed E-state index contributed by atoms with van der Waals surface area (Å²) in [7, 11) is 3.33. The molecular formula is C25H21N5O3S. The van der Waals surface area contributed by atoms with E-state index in [0.717, 1.165) is 5.69 Å². The minimum Gasteiger partial charge on any atom is -0.497 e. The van der Waals surface area contributed by atoms with Crippen molar-refractivity contribution >= 4 is 40.5 Å². The molecule has 1 unspecified atom stereocenters. The van der Waals surface area contributed by atoms with Gasteiger partial charge in [0.25, 0.3) is 11.0 Å². The average molecular weight is 472 g/mol. The summed E-state index contributed by atoms with van der Waals surface area (Å²) in [5.74, 6) is 0.145. The molecule has 5 rings (SSSR count). The van der Waals surface area contributed by atoms with E-state index in [1.165, 1.54) is 23.0 Å². The summed E-state index contributed by atoms with van der Waals surface area (Å²) in [6.07, 6.45) is 1.47. The number of rotatable bonds is 5. The quantitative estimate of drug-likeness (QED) is 0.522. The molecule has 1 spiro atoms. The smallest absolute Gasteiger partial charge is 0.291 e. The van der Waals surface area contributed by atoms with Crippen molar-refractivity contribution in [2.45, 2.75) is 5.12 Å². The van der Waals surface area contributed by atoms with Crippen LogP contribution >= 0.6 is 11.8 Å². The summed E-state index contributed by atoms with van der Waals surface area (Å²) in [5.41, 5.74) is 1.70. The molecule has 2 aliphatic heterocycles. The van der Waals surface area contributed by atoms with Crippen LogP contribution in [0, 0.1) is 0 Å². The Bertz CT molecular complexity index is 1280. The molecule has 1 atom stereocenters. The van der Waals surface area contributed by atoms with Gasteiger partial charge in [-0.05, 0) is 48.2 Å². The Kier molecular flexibility index (Phi) is 5.54. The van der Waals surface area contributed by atoms with Gasteiger partial charge < -0.3 is 4.74 Å². The van der Waals surface area contributed by atoms with Crippen molar-refractivity contribution < 1.29 is 14.3 Å². The zero-order chi connectivity index (χ0) is 23.7. The first-order valence-electron chi connectivity index (χ1n) is 10.5. The van der Waals surface area contributed by atoms with Crippen molar-refractivity contribution in [1.29, 1.82) is 0 Å². The average Bonchev–Trinajstić information content (AvgIpc) is 3.45. The van der Waals surface area contributed by atoms with Crippen LogP contribution in [0.25, 0.3) is 0 Å². The molecule has 9 heteroatoms. The monoisotopic (exact) mass is 471 g/mol. The van der Waals surface area contributed by atoms with Crippen LogP contribution in [0.1, 0.15) is 20.7 Å². The van der Waals surface area contributed by atoms with E-state index < -0.39 is 5.12 Å². The standard InChI is InChI=1S/C25H21N5O3S/c1-28-25(29(17-26-28)24(32)19-13-15-21(33-2)16-14-19)30(20-11-7-4-8-12-20)27-23(34-25)22(31)18-9-5-3-6-10-18/h3-17H,1-2H3. The number of carbonyl (C=O) groups excluding carboxylic acids is 2. The van der Waals surface area contributed by atoms with E-state index in [-0.39, 0.29) is 16.7 Å². The first kappa shape index (κ1) is 21.7. The van der Waals surface area contributed by atoms with Crippen LogP contribution in [-0.2, 0) is 0 Å². The molecule has 0 fully saturated rings. The zero-order valence-corrected chi connectivity index (χ0v) is 19.3. The molecule has 0 bridgehead atoms. The largest absolute Gasteiger partial charge is 0.497 e. The SMILES string of the molecule is COc1ccc(C(=O)N2C=NN(C)C23SC(C(=O)c2ccccc2)=NN3c2ccccc2)cc1. The number of amides is 1. The van der Waals surface area contributed by atoms with Crippen molar-refractivity contribution in [1.82, 2.24) is 9.91 Å². The number of para-hydroxylation sites is 1. The fraction of sp³-hybridized carbons (Fsp3) is 0.120. The van der Waals surface area contributed by atoms with E-state index in [1.54, 1.807) is 60.6 Å². The van der Waals surface area contributed by atoms with Crippen LogP contribution in [0.4, 0.5) is 5.69 Å². The summed E-state index contributed by atoms with van der Waals surface area (Å²) in [4.78, 5) is 28.5. The molecule has 3 aromatic carbocycles. The van der Waals surface area contributed by atoms with Crippen molar-refractivity contribution in [3.8, 4) is 5.75 Å². The number of carbonyl (C=O) groups is 2. The third kappa shape index (κ3) is 3.50. The van der Waals surface area contributed by atoms with Gasteiger partial charge in [-0.25, -0.2) is 14.9 Å². The van der Waals surface area contributed by atoms with Crippen LogP contribution < -0.4 is 9.75 Å². The number of hydrogen-bond donors (Lipinski definition) is 0. The van der Waals surface area contributed by atoms with E-state index in [0.29, 0.717) is 16.9 Å². The van der Waals surface area contributed by atoms with Gasteiger partial charge in [-0.15, -0.1) is 0 Å². The lowest BCUT2D eigenvalue weighted by Crippen LogP contribution is -2.60. The Labute approximate surface area is 201 Å². The molecule has 8 nitrogen and oxygen atoms in total. The van der Waals surface area contributed by atoms with Gasteiger partial charge in [0.05, 0.1) is 12.8 Å². The molecule has 0 radical (unpaired) electrons. The molecule has 0 saturated heterocycles. The Balaban J connectivity index is 1.58. The lowest BCUT2D eigenvalue weighted by molar-refractivity contribution is 0.0643. The molecule has 34 heavy (non-hydrogen) atoms. The summed E-state index contributed by atoms with van der Waals surface area (Å²) in [5, 5.41) is 11.5. The number of nitrogens with zero attached hydrogens (tertiary/aromatic N) is 5. The molecule has 0 aromatic heterocycles.